The second-order valence-electron chi connectivity index (χ2n) is 6.91. The molecule has 0 aliphatic carbocycles. The van der Waals surface area contributed by atoms with E-state index in [4.69, 9.17) is 11.6 Å². The highest BCUT2D eigenvalue weighted by atomic mass is 79.9. The predicted molar refractivity (Wildman–Crippen MR) is 110 cm³/mol. The summed E-state index contributed by atoms with van der Waals surface area (Å²) in [6.45, 7) is 7.99. The summed E-state index contributed by atoms with van der Waals surface area (Å²) in [6.07, 6.45) is 3.44. The minimum absolute atomic E-state index is 0.165. The number of carbonyl (C=O) groups is 1. The Hall–Kier alpha value is -2.12. The van der Waals surface area contributed by atoms with Gasteiger partial charge in [0.1, 0.15) is 5.54 Å². The van der Waals surface area contributed by atoms with E-state index in [1.165, 1.54) is 0 Å². The van der Waals surface area contributed by atoms with Crippen molar-refractivity contribution in [2.75, 3.05) is 5.32 Å². The second-order valence-corrected chi connectivity index (χ2v) is 8.23. The van der Waals surface area contributed by atoms with Gasteiger partial charge >= 0.3 is 0 Å². The quantitative estimate of drug-likeness (QED) is 0.621. The molecule has 8 heteroatoms. The van der Waals surface area contributed by atoms with Gasteiger partial charge in [-0.3, -0.25) is 14.2 Å². The molecule has 0 saturated heterocycles. The normalized spacial score (nSPS) is 11.6. The molecule has 3 rings (SSSR count). The van der Waals surface area contributed by atoms with Gasteiger partial charge in [-0.05, 0) is 55.3 Å². The van der Waals surface area contributed by atoms with E-state index in [1.54, 1.807) is 17.1 Å². The maximum Gasteiger partial charge on any atom is 0.251 e. The van der Waals surface area contributed by atoms with Crippen molar-refractivity contribution < 1.29 is 4.79 Å². The lowest BCUT2D eigenvalue weighted by molar-refractivity contribution is -0.123. The average molecular weight is 451 g/mol. The lowest BCUT2D eigenvalue weighted by atomic mass is 10.0. The van der Waals surface area contributed by atoms with Gasteiger partial charge in [-0.25, -0.2) is 0 Å². The van der Waals surface area contributed by atoms with Crippen LogP contribution >= 0.6 is 27.5 Å². The number of nitrogens with one attached hydrogen (secondary N) is 1. The molecule has 1 N–H and O–H groups in total. The number of halogens is 2. The third-order valence-corrected chi connectivity index (χ3v) is 5.36. The summed E-state index contributed by atoms with van der Waals surface area (Å²) in [7, 11) is 0. The summed E-state index contributed by atoms with van der Waals surface area (Å²) in [4.78, 5) is 12.9. The molecular formula is C19H21BrClN5O. The molecule has 0 saturated carbocycles. The second kappa shape index (κ2) is 7.48. The van der Waals surface area contributed by atoms with Gasteiger partial charge in [0, 0.05) is 11.2 Å². The van der Waals surface area contributed by atoms with Crippen LogP contribution in [0.5, 0.6) is 0 Å². The molecule has 0 unspecified atom stereocenters. The van der Waals surface area contributed by atoms with Crippen LogP contribution in [0.2, 0.25) is 5.02 Å². The number of anilines is 1. The molecule has 2 aromatic heterocycles. The van der Waals surface area contributed by atoms with Crippen LogP contribution in [-0.4, -0.2) is 25.5 Å². The van der Waals surface area contributed by atoms with E-state index in [-0.39, 0.29) is 5.91 Å². The van der Waals surface area contributed by atoms with E-state index < -0.39 is 5.54 Å². The van der Waals surface area contributed by atoms with Crippen LogP contribution in [0.3, 0.4) is 0 Å². The highest BCUT2D eigenvalue weighted by molar-refractivity contribution is 9.10. The minimum Gasteiger partial charge on any atom is -0.321 e. The summed E-state index contributed by atoms with van der Waals surface area (Å²) in [6, 6.07) is 7.67. The third-order valence-electron chi connectivity index (χ3n) is 4.58. The Balaban J connectivity index is 1.84. The lowest BCUT2D eigenvalue weighted by Gasteiger charge is -2.24. The first-order valence-electron chi connectivity index (χ1n) is 8.49. The van der Waals surface area contributed by atoms with Gasteiger partial charge in [-0.2, -0.15) is 10.2 Å². The van der Waals surface area contributed by atoms with Crippen LogP contribution in [-0.2, 0) is 16.9 Å². The monoisotopic (exact) mass is 449 g/mol. The van der Waals surface area contributed by atoms with Crippen molar-refractivity contribution in [3.63, 3.8) is 0 Å². The van der Waals surface area contributed by atoms with Gasteiger partial charge in [0.05, 0.1) is 34.3 Å². The molecule has 0 radical (unpaired) electrons. The van der Waals surface area contributed by atoms with Crippen LogP contribution in [0.25, 0.3) is 0 Å². The van der Waals surface area contributed by atoms with Gasteiger partial charge < -0.3 is 5.32 Å². The number of aryl methyl sites for hydroxylation is 1. The number of amides is 1. The first kappa shape index (κ1) is 19.6. The van der Waals surface area contributed by atoms with Crippen LogP contribution in [0.4, 0.5) is 5.69 Å². The molecule has 142 valence electrons. The van der Waals surface area contributed by atoms with Crippen molar-refractivity contribution >= 4 is 39.1 Å². The number of carbonyl (C=O) groups excluding carboxylic acids is 1. The van der Waals surface area contributed by atoms with Crippen molar-refractivity contribution in [3.8, 4) is 0 Å². The SMILES string of the molecule is Cc1nn(Cc2ccccc2Cl)c(C)c1NC(=O)C(C)(C)n1cc(Br)cn1. The maximum atomic E-state index is 12.9. The van der Waals surface area contributed by atoms with Crippen molar-refractivity contribution in [2.24, 2.45) is 0 Å². The highest BCUT2D eigenvalue weighted by Crippen LogP contribution is 2.25. The van der Waals surface area contributed by atoms with Gasteiger partial charge in [0.2, 0.25) is 0 Å². The molecule has 1 aromatic carbocycles. The van der Waals surface area contributed by atoms with Crippen molar-refractivity contribution in [1.29, 1.82) is 0 Å². The standard InChI is InChI=1S/C19H21BrClN5O/c1-12-17(23-18(27)19(3,4)26-11-15(20)9-22-26)13(2)25(24-12)10-14-7-5-6-8-16(14)21/h5-9,11H,10H2,1-4H3,(H,23,27). The van der Waals surface area contributed by atoms with E-state index >= 15 is 0 Å². The molecule has 0 atom stereocenters. The Morgan fingerprint density at radius 2 is 2.00 bits per heavy atom. The fraction of sp³-hybridized carbons (Fsp3) is 0.316. The zero-order valence-electron chi connectivity index (χ0n) is 15.6. The predicted octanol–water partition coefficient (Wildman–Crippen LogP) is 4.53. The largest absolute Gasteiger partial charge is 0.321 e. The highest BCUT2D eigenvalue weighted by Gasteiger charge is 2.32. The molecular weight excluding hydrogens is 430 g/mol. The Labute approximate surface area is 171 Å². The first-order valence-corrected chi connectivity index (χ1v) is 9.66. The van der Waals surface area contributed by atoms with E-state index in [9.17, 15) is 4.79 Å². The number of hydrogen-bond acceptors (Lipinski definition) is 3. The van der Waals surface area contributed by atoms with Crippen LogP contribution < -0.4 is 5.32 Å². The molecule has 0 spiro atoms. The maximum absolute atomic E-state index is 12.9. The Morgan fingerprint density at radius 1 is 1.30 bits per heavy atom. The molecule has 27 heavy (non-hydrogen) atoms. The van der Waals surface area contributed by atoms with Crippen LogP contribution in [0, 0.1) is 13.8 Å². The van der Waals surface area contributed by atoms with E-state index in [2.05, 4.69) is 31.4 Å². The van der Waals surface area contributed by atoms with E-state index in [0.717, 1.165) is 21.4 Å². The zero-order chi connectivity index (χ0) is 19.8. The summed E-state index contributed by atoms with van der Waals surface area (Å²) in [5.41, 5.74) is 2.47. The first-order chi connectivity index (χ1) is 12.7. The topological polar surface area (TPSA) is 64.7 Å². The smallest absolute Gasteiger partial charge is 0.251 e. The fourth-order valence-electron chi connectivity index (χ4n) is 2.80. The molecule has 2 heterocycles. The van der Waals surface area contributed by atoms with E-state index in [1.807, 2.05) is 56.6 Å². The van der Waals surface area contributed by atoms with Gasteiger partial charge in [-0.1, -0.05) is 29.8 Å². The molecule has 1 amide bonds. The van der Waals surface area contributed by atoms with Crippen LogP contribution in [0.15, 0.2) is 41.1 Å². The van der Waals surface area contributed by atoms with E-state index in [0.29, 0.717) is 17.3 Å². The Kier molecular flexibility index (Phi) is 5.44. The van der Waals surface area contributed by atoms with Crippen molar-refractivity contribution in [1.82, 2.24) is 19.6 Å². The van der Waals surface area contributed by atoms with Gasteiger partial charge in [0.25, 0.3) is 5.91 Å². The molecule has 3 aromatic rings. The number of rotatable bonds is 5. The number of hydrogen-bond donors (Lipinski definition) is 1. The zero-order valence-corrected chi connectivity index (χ0v) is 18.0. The molecule has 0 aliphatic heterocycles. The number of aromatic nitrogens is 4. The molecule has 0 fully saturated rings. The van der Waals surface area contributed by atoms with Crippen LogP contribution in [0.1, 0.15) is 30.8 Å². The Morgan fingerprint density at radius 3 is 2.63 bits per heavy atom. The molecule has 0 aliphatic rings. The van der Waals surface area contributed by atoms with Crippen molar-refractivity contribution in [3.05, 3.63) is 63.1 Å². The third kappa shape index (κ3) is 3.94. The average Bonchev–Trinajstić information content (AvgIpc) is 3.16. The molecule has 0 bridgehead atoms. The number of benzene rings is 1. The summed E-state index contributed by atoms with van der Waals surface area (Å²) >= 11 is 9.63. The number of nitrogens with zero attached hydrogens (tertiary/aromatic N) is 4. The summed E-state index contributed by atoms with van der Waals surface area (Å²) in [5, 5.41) is 12.5. The van der Waals surface area contributed by atoms with Gasteiger partial charge in [0.15, 0.2) is 0 Å². The fourth-order valence-corrected chi connectivity index (χ4v) is 3.28. The summed E-state index contributed by atoms with van der Waals surface area (Å²) in [5.74, 6) is -0.165. The Bertz CT molecular complexity index is 992. The van der Waals surface area contributed by atoms with Gasteiger partial charge in [-0.15, -0.1) is 0 Å². The summed E-state index contributed by atoms with van der Waals surface area (Å²) < 4.78 is 4.30. The van der Waals surface area contributed by atoms with Crippen molar-refractivity contribution in [2.45, 2.75) is 39.8 Å². The lowest BCUT2D eigenvalue weighted by Crippen LogP contribution is -2.40. The molecule has 6 nitrogen and oxygen atoms in total. The minimum atomic E-state index is -0.851.